The summed E-state index contributed by atoms with van der Waals surface area (Å²) in [5, 5.41) is 3.08. The van der Waals surface area contributed by atoms with Crippen molar-refractivity contribution < 1.29 is 18.7 Å². The van der Waals surface area contributed by atoms with Crippen LogP contribution in [0, 0.1) is 30.5 Å². The number of aromatic nitrogens is 2. The monoisotopic (exact) mass is 416 g/mol. The Morgan fingerprint density at radius 3 is 2.43 bits per heavy atom. The number of carbonyl (C=O) groups is 2. The summed E-state index contributed by atoms with van der Waals surface area (Å²) in [6.07, 6.45) is 2.77. The highest BCUT2D eigenvalue weighted by molar-refractivity contribution is 5.84. The van der Waals surface area contributed by atoms with E-state index >= 15 is 0 Å². The maximum Gasteiger partial charge on any atom is 0.410 e. The molecule has 1 aliphatic heterocycles. The Morgan fingerprint density at radius 2 is 1.83 bits per heavy atom. The molecule has 7 nitrogen and oxygen atoms in total. The number of nitrogens with one attached hydrogen (secondary N) is 1. The number of ether oxygens (including phenoxy) is 1. The van der Waals surface area contributed by atoms with Crippen LogP contribution in [0.3, 0.4) is 0 Å². The fraction of sp³-hybridized carbons (Fsp3) is 0.591. The Labute approximate surface area is 175 Å². The highest BCUT2D eigenvalue weighted by atomic mass is 19.1. The molecule has 3 atom stereocenters. The number of rotatable bonds is 3. The number of aryl methyl sites for hydroxylation is 1. The first kappa shape index (κ1) is 20.6. The van der Waals surface area contributed by atoms with Crippen LogP contribution in [0.15, 0.2) is 18.5 Å². The van der Waals surface area contributed by atoms with Crippen molar-refractivity contribution in [1.82, 2.24) is 19.6 Å². The first-order valence-corrected chi connectivity index (χ1v) is 10.3. The van der Waals surface area contributed by atoms with Crippen molar-refractivity contribution in [2.24, 2.45) is 17.8 Å². The lowest BCUT2D eigenvalue weighted by molar-refractivity contribution is -0.125. The standard InChI is InChI=1S/C22H29FN4O3/c1-12-7-13(23)9-27-16(12)8-24-19(27)22(5,6)25-18(28)17-14-10-26(11-15(14)17)20(29)30-21(2,3)4/h7-9,14-15,17H,10-11H2,1-6H3,(H,25,28)/t14-,15+,17+. The number of fused-ring (bicyclic) bond motifs is 2. The Kier molecular flexibility index (Phi) is 4.60. The van der Waals surface area contributed by atoms with Crippen molar-refractivity contribution in [3.63, 3.8) is 0 Å². The molecule has 1 saturated carbocycles. The fourth-order valence-electron chi connectivity index (χ4n) is 4.53. The summed E-state index contributed by atoms with van der Waals surface area (Å²) in [6, 6.07) is 1.47. The number of amides is 2. The van der Waals surface area contributed by atoms with Crippen molar-refractivity contribution in [2.45, 2.75) is 52.7 Å². The number of carbonyl (C=O) groups excluding carboxylic acids is 2. The molecule has 2 aliphatic rings. The predicted octanol–water partition coefficient (Wildman–Crippen LogP) is 3.25. The van der Waals surface area contributed by atoms with E-state index in [4.69, 9.17) is 4.74 Å². The number of pyridine rings is 1. The lowest BCUT2D eigenvalue weighted by atomic mass is 10.0. The highest BCUT2D eigenvalue weighted by Crippen LogP contribution is 2.52. The van der Waals surface area contributed by atoms with Gasteiger partial charge in [-0.05, 0) is 65.0 Å². The summed E-state index contributed by atoms with van der Waals surface area (Å²) >= 11 is 0. The number of nitrogens with zero attached hydrogens (tertiary/aromatic N) is 3. The van der Waals surface area contributed by atoms with E-state index in [-0.39, 0.29) is 35.6 Å². The molecule has 8 heteroatoms. The quantitative estimate of drug-likeness (QED) is 0.833. The van der Waals surface area contributed by atoms with E-state index in [9.17, 15) is 14.0 Å². The lowest BCUT2D eigenvalue weighted by Gasteiger charge is -2.27. The average Bonchev–Trinajstić information content (AvgIpc) is 2.93. The Balaban J connectivity index is 1.42. The smallest absolute Gasteiger partial charge is 0.410 e. The van der Waals surface area contributed by atoms with Crippen LogP contribution in [0.5, 0.6) is 0 Å². The van der Waals surface area contributed by atoms with E-state index in [1.807, 2.05) is 41.5 Å². The molecule has 1 N–H and O–H groups in total. The summed E-state index contributed by atoms with van der Waals surface area (Å²) in [5.41, 5.74) is 0.292. The van der Waals surface area contributed by atoms with Crippen molar-refractivity contribution in [3.05, 3.63) is 35.7 Å². The van der Waals surface area contributed by atoms with E-state index in [1.54, 1.807) is 15.5 Å². The minimum Gasteiger partial charge on any atom is -0.444 e. The van der Waals surface area contributed by atoms with Gasteiger partial charge in [0.15, 0.2) is 0 Å². The highest BCUT2D eigenvalue weighted by Gasteiger charge is 2.61. The molecule has 0 bridgehead atoms. The molecule has 30 heavy (non-hydrogen) atoms. The minimum absolute atomic E-state index is 0.0521. The van der Waals surface area contributed by atoms with E-state index in [2.05, 4.69) is 10.3 Å². The first-order valence-electron chi connectivity index (χ1n) is 10.3. The summed E-state index contributed by atoms with van der Waals surface area (Å²) < 4.78 is 21.0. The fourth-order valence-corrected chi connectivity index (χ4v) is 4.53. The molecule has 0 spiro atoms. The van der Waals surface area contributed by atoms with Crippen molar-refractivity contribution in [1.29, 1.82) is 0 Å². The van der Waals surface area contributed by atoms with E-state index in [0.29, 0.717) is 18.9 Å². The topological polar surface area (TPSA) is 75.9 Å². The number of hydrogen-bond donors (Lipinski definition) is 1. The van der Waals surface area contributed by atoms with Gasteiger partial charge in [-0.25, -0.2) is 14.2 Å². The Morgan fingerprint density at radius 1 is 1.20 bits per heavy atom. The molecule has 1 saturated heterocycles. The predicted molar refractivity (Wildman–Crippen MR) is 109 cm³/mol. The molecule has 2 fully saturated rings. The van der Waals surface area contributed by atoms with Crippen LogP contribution >= 0.6 is 0 Å². The van der Waals surface area contributed by atoms with E-state index in [1.165, 1.54) is 12.3 Å². The zero-order valence-corrected chi connectivity index (χ0v) is 18.3. The van der Waals surface area contributed by atoms with Gasteiger partial charge in [0.05, 0.1) is 17.3 Å². The van der Waals surface area contributed by atoms with Crippen LogP contribution in [0.1, 0.15) is 46.0 Å². The maximum atomic E-state index is 13.9. The molecule has 162 valence electrons. The number of halogens is 1. The Bertz CT molecular complexity index is 1010. The summed E-state index contributed by atoms with van der Waals surface area (Å²) in [4.78, 5) is 31.3. The third kappa shape index (κ3) is 3.63. The van der Waals surface area contributed by atoms with Gasteiger partial charge in [0.1, 0.15) is 17.2 Å². The normalized spacial score (nSPS) is 23.4. The van der Waals surface area contributed by atoms with Crippen molar-refractivity contribution in [3.8, 4) is 0 Å². The van der Waals surface area contributed by atoms with Crippen LogP contribution < -0.4 is 5.32 Å². The van der Waals surface area contributed by atoms with Gasteiger partial charge in [0.25, 0.3) is 0 Å². The van der Waals surface area contributed by atoms with Gasteiger partial charge < -0.3 is 15.0 Å². The third-order valence-electron chi connectivity index (χ3n) is 5.95. The minimum atomic E-state index is -0.772. The van der Waals surface area contributed by atoms with Crippen molar-refractivity contribution in [2.75, 3.05) is 13.1 Å². The largest absolute Gasteiger partial charge is 0.444 e. The zero-order valence-electron chi connectivity index (χ0n) is 18.3. The van der Waals surface area contributed by atoms with Crippen LogP contribution in [-0.4, -0.2) is 45.0 Å². The molecule has 2 amide bonds. The van der Waals surface area contributed by atoms with Crippen LogP contribution in [-0.2, 0) is 15.1 Å². The van der Waals surface area contributed by atoms with E-state index < -0.39 is 11.1 Å². The summed E-state index contributed by atoms with van der Waals surface area (Å²) in [5.74, 6) is 0.376. The van der Waals surface area contributed by atoms with Gasteiger partial charge in [0.2, 0.25) is 5.91 Å². The SMILES string of the molecule is Cc1cc(F)cn2c(C(C)(C)NC(=O)[C@H]3[C@@H]4CN(C(=O)OC(C)(C)C)C[C@@H]43)ncc12. The summed E-state index contributed by atoms with van der Waals surface area (Å²) in [7, 11) is 0. The van der Waals surface area contributed by atoms with Crippen molar-refractivity contribution >= 4 is 17.5 Å². The number of imidazole rings is 1. The molecule has 0 radical (unpaired) electrons. The first-order chi connectivity index (χ1) is 13.9. The molecule has 0 unspecified atom stereocenters. The molecule has 4 rings (SSSR count). The van der Waals surface area contributed by atoms with Gasteiger partial charge in [-0.1, -0.05) is 0 Å². The van der Waals surface area contributed by atoms with E-state index in [0.717, 1.165) is 11.1 Å². The van der Waals surface area contributed by atoms with Gasteiger partial charge >= 0.3 is 6.09 Å². The average molecular weight is 416 g/mol. The molecule has 3 heterocycles. The third-order valence-corrected chi connectivity index (χ3v) is 5.95. The van der Waals surface area contributed by atoms with Gasteiger partial charge in [0, 0.05) is 25.2 Å². The van der Waals surface area contributed by atoms with Gasteiger partial charge in [-0.2, -0.15) is 0 Å². The second-order valence-corrected chi connectivity index (χ2v) is 10.0. The number of likely N-dealkylation sites (tertiary alicyclic amines) is 1. The maximum absolute atomic E-state index is 13.9. The van der Waals surface area contributed by atoms with Crippen LogP contribution in [0.25, 0.3) is 5.52 Å². The second kappa shape index (κ2) is 6.68. The number of piperidine rings is 1. The molecule has 0 aromatic carbocycles. The number of hydrogen-bond acceptors (Lipinski definition) is 4. The van der Waals surface area contributed by atoms with Gasteiger partial charge in [-0.15, -0.1) is 0 Å². The zero-order chi connectivity index (χ0) is 22.0. The molecule has 2 aromatic heterocycles. The van der Waals surface area contributed by atoms with Crippen LogP contribution in [0.4, 0.5) is 9.18 Å². The molecular formula is C22H29FN4O3. The molecular weight excluding hydrogens is 387 g/mol. The van der Waals surface area contributed by atoms with Crippen LogP contribution in [0.2, 0.25) is 0 Å². The second-order valence-electron chi connectivity index (χ2n) is 10.0. The summed E-state index contributed by atoms with van der Waals surface area (Å²) in [6.45, 7) is 12.2. The lowest BCUT2D eigenvalue weighted by Crippen LogP contribution is -2.45. The molecule has 2 aromatic rings. The molecule has 1 aliphatic carbocycles. The van der Waals surface area contributed by atoms with Gasteiger partial charge in [-0.3, -0.25) is 9.20 Å². The Hall–Kier alpha value is -2.64.